The quantitative estimate of drug-likeness (QED) is 0.480. The Morgan fingerprint density at radius 2 is 2.04 bits per heavy atom. The molecule has 0 unspecified atom stereocenters. The Balaban J connectivity index is 1.77. The fourth-order valence-electron chi connectivity index (χ4n) is 2.17. The molecule has 0 bridgehead atoms. The molecule has 0 spiro atoms. The molecule has 25 heavy (non-hydrogen) atoms. The summed E-state index contributed by atoms with van der Waals surface area (Å²) in [6.45, 7) is 0.493. The Labute approximate surface area is 175 Å². The van der Waals surface area contributed by atoms with Gasteiger partial charge in [-0.05, 0) is 56.2 Å². The number of carbonyl (C=O) groups is 1. The number of amides is 1. The van der Waals surface area contributed by atoms with Gasteiger partial charge in [-0.15, -0.1) is 0 Å². The highest BCUT2D eigenvalue weighted by molar-refractivity contribution is 14.1. The predicted octanol–water partition coefficient (Wildman–Crippen LogP) is 4.59. The monoisotopic (exact) mass is 553 g/mol. The first-order valence-corrected chi connectivity index (χ1v) is 9.63. The van der Waals surface area contributed by atoms with E-state index in [1.54, 1.807) is 40.9 Å². The van der Waals surface area contributed by atoms with Crippen molar-refractivity contribution >= 4 is 73.4 Å². The lowest BCUT2D eigenvalue weighted by Crippen LogP contribution is -2.15. The fraction of sp³-hybridized carbons (Fsp3) is 0.133. The Kier molecular flexibility index (Phi) is 5.71. The topological polar surface area (TPSA) is 64.7 Å². The minimum Gasteiger partial charge on any atom is -0.303 e. The first-order chi connectivity index (χ1) is 11.8. The van der Waals surface area contributed by atoms with E-state index in [2.05, 4.69) is 54.0 Å². The van der Waals surface area contributed by atoms with E-state index in [1.807, 2.05) is 6.07 Å². The number of halogens is 4. The lowest BCUT2D eigenvalue weighted by molar-refractivity contribution is 0.102. The van der Waals surface area contributed by atoms with Crippen LogP contribution in [0.3, 0.4) is 0 Å². The van der Waals surface area contributed by atoms with Crippen LogP contribution in [0.4, 0.5) is 5.82 Å². The van der Waals surface area contributed by atoms with Gasteiger partial charge in [0.15, 0.2) is 11.5 Å². The van der Waals surface area contributed by atoms with Crippen molar-refractivity contribution in [1.29, 1.82) is 0 Å². The number of nitrogens with one attached hydrogen (secondary N) is 1. The van der Waals surface area contributed by atoms with Crippen molar-refractivity contribution in [2.24, 2.45) is 7.05 Å². The Hall–Kier alpha value is -1.10. The summed E-state index contributed by atoms with van der Waals surface area (Å²) in [5.74, 6) is 0.108. The van der Waals surface area contributed by atoms with Crippen molar-refractivity contribution in [3.05, 3.63) is 59.9 Å². The lowest BCUT2D eigenvalue weighted by atomic mass is 10.2. The van der Waals surface area contributed by atoms with Gasteiger partial charge in [0.2, 0.25) is 0 Å². The van der Waals surface area contributed by atoms with Crippen molar-refractivity contribution in [3.8, 4) is 0 Å². The first kappa shape index (κ1) is 18.7. The zero-order valence-electron chi connectivity index (χ0n) is 12.8. The van der Waals surface area contributed by atoms with E-state index in [9.17, 15) is 4.79 Å². The summed E-state index contributed by atoms with van der Waals surface area (Å²) in [4.78, 5) is 12.4. The maximum atomic E-state index is 12.4. The number of rotatable bonds is 4. The number of carbonyl (C=O) groups excluding carboxylic acids is 1. The second kappa shape index (κ2) is 7.65. The molecular formula is C15H11BrCl2IN5O. The standard InChI is InChI=1S/C15H11BrCl2IN5O/c1-23-7-12(19)13(21-23)15(25)20-14-9(16)6-24(22-14)5-8-2-3-10(17)11(18)4-8/h2-4,6-7H,5H2,1H3,(H,20,22,25). The highest BCUT2D eigenvalue weighted by Gasteiger charge is 2.17. The molecule has 0 aliphatic rings. The van der Waals surface area contributed by atoms with E-state index >= 15 is 0 Å². The van der Waals surface area contributed by atoms with Crippen LogP contribution in [-0.2, 0) is 13.6 Å². The number of aromatic nitrogens is 4. The molecule has 3 aromatic rings. The van der Waals surface area contributed by atoms with Crippen molar-refractivity contribution in [2.45, 2.75) is 6.54 Å². The fourth-order valence-corrected chi connectivity index (χ4v) is 3.66. The zero-order chi connectivity index (χ0) is 18.1. The van der Waals surface area contributed by atoms with E-state index in [0.29, 0.717) is 32.6 Å². The molecule has 0 saturated heterocycles. The molecular weight excluding hydrogens is 544 g/mol. The molecule has 1 aromatic carbocycles. The number of hydrogen-bond acceptors (Lipinski definition) is 3. The summed E-state index contributed by atoms with van der Waals surface area (Å²) in [5, 5.41) is 12.3. The molecule has 0 fully saturated rings. The maximum absolute atomic E-state index is 12.4. The minimum atomic E-state index is -0.314. The average Bonchev–Trinajstić information content (AvgIpc) is 3.05. The summed E-state index contributed by atoms with van der Waals surface area (Å²) >= 11 is 17.4. The number of aryl methyl sites for hydroxylation is 1. The van der Waals surface area contributed by atoms with Crippen LogP contribution in [0.5, 0.6) is 0 Å². The van der Waals surface area contributed by atoms with Crippen molar-refractivity contribution in [2.75, 3.05) is 5.32 Å². The number of hydrogen-bond donors (Lipinski definition) is 1. The lowest BCUT2D eigenvalue weighted by Gasteiger charge is -2.04. The van der Waals surface area contributed by atoms with Crippen LogP contribution in [0.2, 0.25) is 10.0 Å². The summed E-state index contributed by atoms with van der Waals surface area (Å²) in [7, 11) is 1.76. The predicted molar refractivity (Wildman–Crippen MR) is 109 cm³/mol. The normalized spacial score (nSPS) is 10.9. The summed E-state index contributed by atoms with van der Waals surface area (Å²) in [6, 6.07) is 5.40. The number of nitrogens with zero attached hydrogens (tertiary/aromatic N) is 4. The highest BCUT2D eigenvalue weighted by atomic mass is 127. The smallest absolute Gasteiger partial charge is 0.278 e. The summed E-state index contributed by atoms with van der Waals surface area (Å²) < 4.78 is 4.73. The summed E-state index contributed by atoms with van der Waals surface area (Å²) in [5.41, 5.74) is 1.30. The molecule has 1 N–H and O–H groups in total. The third kappa shape index (κ3) is 4.36. The minimum absolute atomic E-state index is 0.314. The molecule has 10 heteroatoms. The zero-order valence-corrected chi connectivity index (χ0v) is 18.1. The van der Waals surface area contributed by atoms with Gasteiger partial charge in [-0.2, -0.15) is 10.2 Å². The van der Waals surface area contributed by atoms with Crippen LogP contribution < -0.4 is 5.32 Å². The Morgan fingerprint density at radius 1 is 1.28 bits per heavy atom. The maximum Gasteiger partial charge on any atom is 0.278 e. The average molecular weight is 555 g/mol. The van der Waals surface area contributed by atoms with Gasteiger partial charge in [0, 0.05) is 19.4 Å². The van der Waals surface area contributed by atoms with Crippen molar-refractivity contribution < 1.29 is 4.79 Å². The molecule has 2 aromatic heterocycles. The number of anilines is 1. The second-order valence-corrected chi connectivity index (χ2v) is 8.06. The van der Waals surface area contributed by atoms with Gasteiger partial charge in [0.05, 0.1) is 24.6 Å². The molecule has 0 aliphatic heterocycles. The molecule has 2 heterocycles. The summed E-state index contributed by atoms with van der Waals surface area (Å²) in [6.07, 6.45) is 3.55. The van der Waals surface area contributed by atoms with Crippen LogP contribution in [0, 0.1) is 3.57 Å². The van der Waals surface area contributed by atoms with Crippen LogP contribution >= 0.6 is 61.7 Å². The van der Waals surface area contributed by atoms with E-state index in [0.717, 1.165) is 9.13 Å². The highest BCUT2D eigenvalue weighted by Crippen LogP contribution is 2.25. The van der Waals surface area contributed by atoms with E-state index in [4.69, 9.17) is 23.2 Å². The van der Waals surface area contributed by atoms with Gasteiger partial charge in [-0.3, -0.25) is 14.2 Å². The van der Waals surface area contributed by atoms with Crippen molar-refractivity contribution in [1.82, 2.24) is 19.6 Å². The van der Waals surface area contributed by atoms with Crippen LogP contribution in [0.25, 0.3) is 0 Å². The van der Waals surface area contributed by atoms with E-state index < -0.39 is 0 Å². The van der Waals surface area contributed by atoms with E-state index in [-0.39, 0.29) is 5.91 Å². The molecule has 0 radical (unpaired) electrons. The molecule has 1 amide bonds. The molecule has 0 saturated carbocycles. The Bertz CT molecular complexity index is 956. The molecule has 130 valence electrons. The second-order valence-electron chi connectivity index (χ2n) is 5.23. The van der Waals surface area contributed by atoms with Crippen LogP contribution in [-0.4, -0.2) is 25.5 Å². The van der Waals surface area contributed by atoms with Gasteiger partial charge < -0.3 is 5.32 Å². The van der Waals surface area contributed by atoms with Gasteiger partial charge in [0.25, 0.3) is 5.91 Å². The van der Waals surface area contributed by atoms with Gasteiger partial charge in [-0.1, -0.05) is 29.3 Å². The van der Waals surface area contributed by atoms with E-state index in [1.165, 1.54) is 0 Å². The SMILES string of the molecule is Cn1cc(I)c(C(=O)Nc2nn(Cc3ccc(Cl)c(Cl)c3)cc2Br)n1. The van der Waals surface area contributed by atoms with Gasteiger partial charge in [-0.25, -0.2) is 0 Å². The third-order valence-electron chi connectivity index (χ3n) is 3.28. The molecule has 6 nitrogen and oxygen atoms in total. The molecule has 3 rings (SSSR count). The van der Waals surface area contributed by atoms with Gasteiger partial charge in [0.1, 0.15) is 0 Å². The molecule has 0 atom stereocenters. The largest absolute Gasteiger partial charge is 0.303 e. The van der Waals surface area contributed by atoms with Crippen molar-refractivity contribution in [3.63, 3.8) is 0 Å². The van der Waals surface area contributed by atoms with Gasteiger partial charge >= 0.3 is 0 Å². The van der Waals surface area contributed by atoms with Crippen LogP contribution in [0.1, 0.15) is 16.1 Å². The Morgan fingerprint density at radius 3 is 2.68 bits per heavy atom. The molecule has 0 aliphatic carbocycles. The van der Waals surface area contributed by atoms with Crippen LogP contribution in [0.15, 0.2) is 35.1 Å². The number of benzene rings is 1. The third-order valence-corrected chi connectivity index (χ3v) is 5.39. The first-order valence-electron chi connectivity index (χ1n) is 7.01.